The molecule has 2 saturated heterocycles. The molecule has 0 aliphatic carbocycles. The van der Waals surface area contributed by atoms with Crippen LogP contribution in [0.25, 0.3) is 44.2 Å². The number of carbonyl (C=O) groups excluding carboxylic acids is 3. The van der Waals surface area contributed by atoms with Gasteiger partial charge in [-0.05, 0) is 88.8 Å². The van der Waals surface area contributed by atoms with Crippen LogP contribution in [0.4, 0.5) is 9.59 Å². The number of methoxy groups -OCH3 is 1. The lowest BCUT2D eigenvalue weighted by atomic mass is 9.92. The Kier molecular flexibility index (Phi) is 13.1. The molecular formula is C48H61N8O7. The number of nitrogens with zero attached hydrogens (tertiary/aromatic N) is 4. The second-order valence-corrected chi connectivity index (χ2v) is 18.7. The Morgan fingerprint density at radius 3 is 2.05 bits per heavy atom. The van der Waals surface area contributed by atoms with Crippen molar-refractivity contribution in [2.45, 2.75) is 106 Å². The summed E-state index contributed by atoms with van der Waals surface area (Å²) in [6, 6.07) is 12.4. The maximum atomic E-state index is 13.9. The normalized spacial score (nSPS) is 20.3. The minimum atomic E-state index is -1.22. The SMILES string of the molecule is COC(=O)N[C@H](C(=O)N1C[C@@H](C)C[C@H]1c1nc2ccc3cc4c(cc3c2[nH]1)OCc1cc(-c2cnc([C@@H]3CC(C)CN3C(=O)[C@@H](NC(=O)O)C(C)C)[nH]2)ccc1-4)C(C)C.C[C](C)C. The van der Waals surface area contributed by atoms with Crippen molar-refractivity contribution in [2.75, 3.05) is 20.2 Å². The van der Waals surface area contributed by atoms with E-state index < -0.39 is 24.3 Å². The number of hydrogen-bond acceptors (Lipinski definition) is 8. The lowest BCUT2D eigenvalue weighted by Gasteiger charge is -2.30. The van der Waals surface area contributed by atoms with E-state index >= 15 is 0 Å². The number of carbonyl (C=O) groups is 4. The van der Waals surface area contributed by atoms with Crippen LogP contribution in [0.2, 0.25) is 0 Å². The number of benzene rings is 3. The summed E-state index contributed by atoms with van der Waals surface area (Å²) in [5.74, 6) is 3.31. The van der Waals surface area contributed by atoms with Gasteiger partial charge in [-0.1, -0.05) is 80.5 Å². The molecule has 15 nitrogen and oxygen atoms in total. The number of fused-ring (bicyclic) bond motifs is 6. The van der Waals surface area contributed by atoms with Crippen LogP contribution in [-0.4, -0.2) is 91.1 Å². The maximum Gasteiger partial charge on any atom is 0.407 e. The van der Waals surface area contributed by atoms with E-state index in [1.165, 1.54) is 13.0 Å². The number of rotatable bonds is 9. The molecule has 3 aromatic carbocycles. The number of ether oxygens (including phenoxy) is 2. The molecule has 335 valence electrons. The number of imidazole rings is 2. The molecule has 63 heavy (non-hydrogen) atoms. The monoisotopic (exact) mass is 861 g/mol. The van der Waals surface area contributed by atoms with Gasteiger partial charge in [0.15, 0.2) is 0 Å². The highest BCUT2D eigenvalue weighted by Gasteiger charge is 2.42. The minimum absolute atomic E-state index is 0.135. The third-order valence-electron chi connectivity index (χ3n) is 12.1. The lowest BCUT2D eigenvalue weighted by molar-refractivity contribution is -0.136. The predicted octanol–water partition coefficient (Wildman–Crippen LogP) is 8.78. The summed E-state index contributed by atoms with van der Waals surface area (Å²) in [5, 5.41) is 16.5. The van der Waals surface area contributed by atoms with Gasteiger partial charge in [-0.3, -0.25) is 9.59 Å². The zero-order valence-corrected chi connectivity index (χ0v) is 38.0. The van der Waals surface area contributed by atoms with Crippen LogP contribution >= 0.6 is 0 Å². The van der Waals surface area contributed by atoms with Crippen LogP contribution in [0, 0.1) is 29.6 Å². The molecule has 5 heterocycles. The van der Waals surface area contributed by atoms with Gasteiger partial charge in [0.25, 0.3) is 0 Å². The first-order chi connectivity index (χ1) is 29.9. The number of likely N-dealkylation sites (tertiary alicyclic amines) is 2. The summed E-state index contributed by atoms with van der Waals surface area (Å²) in [7, 11) is 1.29. The number of H-pyrrole nitrogens is 2. The molecule has 8 rings (SSSR count). The van der Waals surface area contributed by atoms with Gasteiger partial charge in [0.05, 0.1) is 42.1 Å². The van der Waals surface area contributed by atoms with Gasteiger partial charge in [-0.2, -0.15) is 0 Å². The van der Waals surface area contributed by atoms with Gasteiger partial charge in [-0.15, -0.1) is 0 Å². The zero-order chi connectivity index (χ0) is 45.4. The third kappa shape index (κ3) is 9.33. The Balaban J connectivity index is 0.00000143. The summed E-state index contributed by atoms with van der Waals surface area (Å²) in [5.41, 5.74) is 6.51. The molecule has 1 unspecified atom stereocenters. The molecular weight excluding hydrogens is 801 g/mol. The van der Waals surface area contributed by atoms with Gasteiger partial charge >= 0.3 is 12.2 Å². The second-order valence-electron chi connectivity index (χ2n) is 18.7. The van der Waals surface area contributed by atoms with E-state index in [1.807, 2.05) is 38.7 Å². The number of hydrogen-bond donors (Lipinski definition) is 5. The molecule has 0 spiro atoms. The molecule has 5 N–H and O–H groups in total. The fraction of sp³-hybridized carbons (Fsp3) is 0.479. The summed E-state index contributed by atoms with van der Waals surface area (Å²) in [6.45, 7) is 19.4. The highest BCUT2D eigenvalue weighted by Crippen LogP contribution is 2.44. The molecule has 15 heteroatoms. The molecule has 6 atom stereocenters. The van der Waals surface area contributed by atoms with Gasteiger partial charge in [0.1, 0.15) is 36.1 Å². The standard InChI is InChI=1S/C44H52N8O7.C4H9/c1-21(2)36(49-43(55)56)41(53)51-18-23(5)12-33(51)39-45-17-32(47-39)26-8-10-28-27(14-26)20-59-35-16-29-25(15-30(28)35)9-11-31-38(29)48-40(46-31)34-13-24(6)19-52(34)42(54)37(22(3)4)50-44(57)58-7;1-4(2)3/h8-11,14-17,21-24,33-34,36-37,49H,12-13,18-20H2,1-7H3,(H,45,47)(H,46,48)(H,50,57)(H,55,56);1-3H3/t23?,24-,33-,34-,36-,37-;/m0./s1. The first kappa shape index (κ1) is 44.9. The smallest absolute Gasteiger partial charge is 0.407 e. The van der Waals surface area contributed by atoms with Gasteiger partial charge in [0.2, 0.25) is 11.8 Å². The molecule has 5 aromatic rings. The molecule has 0 bridgehead atoms. The zero-order valence-electron chi connectivity index (χ0n) is 38.0. The van der Waals surface area contributed by atoms with Gasteiger partial charge in [0, 0.05) is 24.0 Å². The largest absolute Gasteiger partial charge is 0.488 e. The van der Waals surface area contributed by atoms with E-state index in [1.54, 1.807) is 11.1 Å². The second kappa shape index (κ2) is 18.3. The van der Waals surface area contributed by atoms with Crippen molar-refractivity contribution < 1.29 is 33.8 Å². The average molecular weight is 862 g/mol. The Morgan fingerprint density at radius 1 is 0.825 bits per heavy atom. The molecule has 2 fully saturated rings. The Bertz CT molecular complexity index is 2510. The van der Waals surface area contributed by atoms with E-state index in [2.05, 4.69) is 91.6 Å². The van der Waals surface area contributed by atoms with E-state index in [0.29, 0.717) is 31.3 Å². The molecule has 0 saturated carbocycles. The fourth-order valence-electron chi connectivity index (χ4n) is 9.09. The van der Waals surface area contributed by atoms with Crippen LogP contribution in [0.1, 0.15) is 104 Å². The van der Waals surface area contributed by atoms with Crippen LogP contribution < -0.4 is 15.4 Å². The number of aromatic nitrogens is 4. The summed E-state index contributed by atoms with van der Waals surface area (Å²) in [6.07, 6.45) is 1.40. The topological polar surface area (TPSA) is 195 Å². The molecule has 3 aliphatic heterocycles. The van der Waals surface area contributed by atoms with Crippen molar-refractivity contribution in [3.05, 3.63) is 71.8 Å². The predicted molar refractivity (Wildman–Crippen MR) is 242 cm³/mol. The molecule has 1 radical (unpaired) electrons. The number of aromatic amines is 2. The highest BCUT2D eigenvalue weighted by atomic mass is 16.5. The van der Waals surface area contributed by atoms with E-state index in [0.717, 1.165) is 68.3 Å². The third-order valence-corrected chi connectivity index (χ3v) is 12.1. The van der Waals surface area contributed by atoms with Crippen molar-refractivity contribution in [3.63, 3.8) is 0 Å². The fourth-order valence-corrected chi connectivity index (χ4v) is 9.09. The number of carboxylic acid groups (broad SMARTS) is 1. The Labute approximate surface area is 368 Å². The maximum absolute atomic E-state index is 13.9. The van der Waals surface area contributed by atoms with Gasteiger partial charge in [-0.25, -0.2) is 19.6 Å². The minimum Gasteiger partial charge on any atom is -0.488 e. The van der Waals surface area contributed by atoms with Crippen LogP contribution in [0.15, 0.2) is 48.7 Å². The summed E-state index contributed by atoms with van der Waals surface area (Å²) < 4.78 is 11.2. The number of alkyl carbamates (subject to hydrolysis) is 1. The van der Waals surface area contributed by atoms with Crippen LogP contribution in [0.3, 0.4) is 0 Å². The Morgan fingerprint density at radius 2 is 1.44 bits per heavy atom. The van der Waals surface area contributed by atoms with Crippen molar-refractivity contribution >= 4 is 45.8 Å². The van der Waals surface area contributed by atoms with Crippen molar-refractivity contribution in [1.29, 1.82) is 0 Å². The van der Waals surface area contributed by atoms with Crippen molar-refractivity contribution in [3.8, 4) is 28.1 Å². The molecule has 4 amide bonds. The van der Waals surface area contributed by atoms with Crippen LogP contribution in [-0.2, 0) is 20.9 Å². The van der Waals surface area contributed by atoms with Crippen molar-refractivity contribution in [1.82, 2.24) is 40.4 Å². The molecule has 2 aromatic heterocycles. The van der Waals surface area contributed by atoms with Gasteiger partial charge < -0.3 is 45.0 Å². The van der Waals surface area contributed by atoms with Crippen molar-refractivity contribution in [2.24, 2.45) is 23.7 Å². The van der Waals surface area contributed by atoms with E-state index in [4.69, 9.17) is 19.4 Å². The average Bonchev–Trinajstić information content (AvgIpc) is 4.05. The quantitative estimate of drug-likeness (QED) is 0.0963. The number of nitrogens with one attached hydrogen (secondary N) is 4. The molecule has 3 aliphatic rings. The number of amides is 4. The van der Waals surface area contributed by atoms with E-state index in [9.17, 15) is 24.3 Å². The first-order valence-electron chi connectivity index (χ1n) is 21.9. The highest BCUT2D eigenvalue weighted by molar-refractivity contribution is 6.07. The first-order valence-corrected chi connectivity index (χ1v) is 21.9. The summed E-state index contributed by atoms with van der Waals surface area (Å²) >= 11 is 0. The van der Waals surface area contributed by atoms with Crippen LogP contribution in [0.5, 0.6) is 5.75 Å². The lowest BCUT2D eigenvalue weighted by Crippen LogP contribution is -2.51. The van der Waals surface area contributed by atoms with E-state index in [-0.39, 0.29) is 47.6 Å². The Hall–Kier alpha value is -6.12. The summed E-state index contributed by atoms with van der Waals surface area (Å²) in [4.78, 5) is 71.5.